The molecule has 0 bridgehead atoms. The smallest absolute Gasteiger partial charge is 0.143 e. The number of fused-ring (bicyclic) bond motifs is 9. The van der Waals surface area contributed by atoms with Gasteiger partial charge in [-0.2, -0.15) is 0 Å². The second kappa shape index (κ2) is 7.33. The summed E-state index contributed by atoms with van der Waals surface area (Å²) in [5.74, 6) is 0. The molecular formula is C32H20O2S2. The number of rotatable bonds is 2. The lowest BCUT2D eigenvalue weighted by Gasteiger charge is -2.00. The quantitative estimate of drug-likeness (QED) is 0.236. The zero-order chi connectivity index (χ0) is 24.0. The topological polar surface area (TPSA) is 26.3 Å². The second-order valence-electron chi connectivity index (χ2n) is 9.43. The van der Waals surface area contributed by atoms with E-state index in [1.807, 2.05) is 22.7 Å². The van der Waals surface area contributed by atoms with Crippen molar-refractivity contribution in [2.45, 2.75) is 13.8 Å². The molecule has 0 unspecified atom stereocenters. The van der Waals surface area contributed by atoms with Crippen molar-refractivity contribution in [3.8, 4) is 20.9 Å². The van der Waals surface area contributed by atoms with Crippen LogP contribution in [-0.4, -0.2) is 0 Å². The van der Waals surface area contributed by atoms with Gasteiger partial charge in [-0.3, -0.25) is 0 Å². The van der Waals surface area contributed by atoms with Crippen LogP contribution in [0, 0.1) is 13.8 Å². The fourth-order valence-corrected chi connectivity index (χ4v) is 7.09. The van der Waals surface area contributed by atoms with Crippen LogP contribution < -0.4 is 0 Å². The summed E-state index contributed by atoms with van der Waals surface area (Å²) in [6.45, 7) is 4.28. The predicted octanol–water partition coefficient (Wildman–Crippen LogP) is 10.7. The predicted molar refractivity (Wildman–Crippen MR) is 155 cm³/mol. The van der Waals surface area contributed by atoms with Crippen LogP contribution in [0.4, 0.5) is 0 Å². The lowest BCUT2D eigenvalue weighted by Crippen LogP contribution is -1.76. The monoisotopic (exact) mass is 500 g/mol. The number of hydrogen-bond donors (Lipinski definition) is 0. The molecule has 0 spiro atoms. The molecule has 4 heterocycles. The fourth-order valence-electron chi connectivity index (χ4n) is 5.36. The number of hydrogen-bond acceptors (Lipinski definition) is 4. The van der Waals surface area contributed by atoms with E-state index in [0.717, 1.165) is 54.6 Å². The Labute approximate surface area is 215 Å². The first kappa shape index (κ1) is 20.3. The van der Waals surface area contributed by atoms with Crippen molar-refractivity contribution < 1.29 is 8.83 Å². The van der Waals surface area contributed by atoms with Crippen molar-refractivity contribution in [1.82, 2.24) is 0 Å². The zero-order valence-corrected chi connectivity index (χ0v) is 21.3. The molecule has 0 radical (unpaired) electrons. The van der Waals surface area contributed by atoms with Crippen LogP contribution in [0.25, 0.3) is 75.5 Å². The number of aryl methyl sites for hydroxylation is 2. The number of furan rings is 2. The highest BCUT2D eigenvalue weighted by Crippen LogP contribution is 2.41. The first-order valence-corrected chi connectivity index (χ1v) is 13.6. The van der Waals surface area contributed by atoms with E-state index < -0.39 is 0 Å². The summed E-state index contributed by atoms with van der Waals surface area (Å²) >= 11 is 3.62. The molecule has 0 aliphatic rings. The summed E-state index contributed by atoms with van der Waals surface area (Å²) in [7, 11) is 0. The van der Waals surface area contributed by atoms with Crippen molar-refractivity contribution in [2.75, 3.05) is 0 Å². The normalized spacial score (nSPS) is 12.2. The Hall–Kier alpha value is -3.86. The Morgan fingerprint density at radius 3 is 1.22 bits per heavy atom. The van der Waals surface area contributed by atoms with Gasteiger partial charge in [0.25, 0.3) is 0 Å². The third-order valence-electron chi connectivity index (χ3n) is 7.12. The van der Waals surface area contributed by atoms with Gasteiger partial charge in [0.2, 0.25) is 0 Å². The summed E-state index contributed by atoms with van der Waals surface area (Å²) in [4.78, 5) is 5.16. The van der Waals surface area contributed by atoms with E-state index in [9.17, 15) is 0 Å². The van der Waals surface area contributed by atoms with Gasteiger partial charge in [0.15, 0.2) is 0 Å². The summed E-state index contributed by atoms with van der Waals surface area (Å²) < 4.78 is 13.0. The Morgan fingerprint density at radius 2 is 0.833 bits per heavy atom. The molecule has 36 heavy (non-hydrogen) atoms. The van der Waals surface area contributed by atoms with E-state index in [2.05, 4.69) is 98.8 Å². The van der Waals surface area contributed by atoms with Crippen LogP contribution in [0.15, 0.2) is 93.8 Å². The molecule has 8 rings (SSSR count). The van der Waals surface area contributed by atoms with E-state index in [1.165, 1.54) is 30.6 Å². The molecule has 2 nitrogen and oxygen atoms in total. The van der Waals surface area contributed by atoms with E-state index in [4.69, 9.17) is 8.83 Å². The van der Waals surface area contributed by atoms with Crippen LogP contribution in [0.3, 0.4) is 0 Å². The summed E-state index contributed by atoms with van der Waals surface area (Å²) in [6.07, 6.45) is 0. The van der Waals surface area contributed by atoms with Gasteiger partial charge in [-0.05, 0) is 97.8 Å². The molecule has 0 aliphatic heterocycles. The molecule has 0 saturated carbocycles. The minimum Gasteiger partial charge on any atom is -0.455 e. The maximum Gasteiger partial charge on any atom is 0.143 e. The van der Waals surface area contributed by atoms with Crippen molar-refractivity contribution >= 4 is 77.3 Å². The molecule has 172 valence electrons. The minimum atomic E-state index is 0.916. The van der Waals surface area contributed by atoms with E-state index in [-0.39, 0.29) is 0 Å². The van der Waals surface area contributed by atoms with Crippen molar-refractivity contribution in [2.24, 2.45) is 0 Å². The van der Waals surface area contributed by atoms with Crippen LogP contribution in [0.2, 0.25) is 0 Å². The van der Waals surface area contributed by atoms with Gasteiger partial charge in [-0.15, -0.1) is 22.7 Å². The summed E-state index contributed by atoms with van der Waals surface area (Å²) in [5.41, 5.74) is 6.06. The van der Waals surface area contributed by atoms with Crippen LogP contribution in [0.5, 0.6) is 0 Å². The van der Waals surface area contributed by atoms with Gasteiger partial charge in [-0.1, -0.05) is 12.1 Å². The third-order valence-corrected chi connectivity index (χ3v) is 9.22. The van der Waals surface area contributed by atoms with Gasteiger partial charge < -0.3 is 8.83 Å². The average Bonchev–Trinajstić information content (AvgIpc) is 3.67. The largest absolute Gasteiger partial charge is 0.455 e. The molecule has 0 amide bonds. The number of thiophene rings is 2. The van der Waals surface area contributed by atoms with E-state index in [0.29, 0.717) is 0 Å². The highest BCUT2D eigenvalue weighted by Gasteiger charge is 2.16. The molecule has 4 heteroatoms. The molecule has 8 aromatic rings. The molecule has 4 aromatic heterocycles. The zero-order valence-electron chi connectivity index (χ0n) is 19.7. The maximum atomic E-state index is 6.50. The summed E-state index contributed by atoms with van der Waals surface area (Å²) in [6, 6.07) is 30.5. The third kappa shape index (κ3) is 2.89. The van der Waals surface area contributed by atoms with Crippen molar-refractivity contribution in [3.05, 3.63) is 94.7 Å². The molecular weight excluding hydrogens is 480 g/mol. The summed E-state index contributed by atoms with van der Waals surface area (Å²) in [5, 5.41) is 6.72. The van der Waals surface area contributed by atoms with E-state index in [1.54, 1.807) is 0 Å². The lowest BCUT2D eigenvalue weighted by atomic mass is 10.0. The van der Waals surface area contributed by atoms with Crippen molar-refractivity contribution in [1.29, 1.82) is 0 Å². The molecule has 0 N–H and O–H groups in total. The van der Waals surface area contributed by atoms with Crippen molar-refractivity contribution in [3.63, 3.8) is 0 Å². The lowest BCUT2D eigenvalue weighted by molar-refractivity contribution is 0.669. The standard InChI is InChI=1S/C32H20O2S2/c1-17-3-13-29(35-17)19-5-7-21-23-9-11-26-25(31(23)33-27(21)15-19)12-10-24-22-8-6-20(16-28(22)34-32(24)26)30-14-4-18(2)36-30/h3-16H,1-2H3. The van der Waals surface area contributed by atoms with E-state index >= 15 is 0 Å². The van der Waals surface area contributed by atoms with Crippen LogP contribution in [-0.2, 0) is 0 Å². The first-order chi connectivity index (χ1) is 17.6. The van der Waals surface area contributed by atoms with Crippen LogP contribution in [0.1, 0.15) is 9.75 Å². The van der Waals surface area contributed by atoms with Gasteiger partial charge in [0.05, 0.1) is 0 Å². The minimum absolute atomic E-state index is 0.916. The fraction of sp³-hybridized carbons (Fsp3) is 0.0625. The Balaban J connectivity index is 1.34. The molecule has 0 aliphatic carbocycles. The Morgan fingerprint density at radius 1 is 0.444 bits per heavy atom. The van der Waals surface area contributed by atoms with Gasteiger partial charge in [0.1, 0.15) is 22.3 Å². The Kier molecular flexibility index (Phi) is 4.14. The molecule has 0 fully saturated rings. The average molecular weight is 501 g/mol. The maximum absolute atomic E-state index is 6.50. The highest BCUT2D eigenvalue weighted by atomic mass is 32.1. The van der Waals surface area contributed by atoms with Gasteiger partial charge in [0, 0.05) is 51.8 Å². The number of benzene rings is 4. The SMILES string of the molecule is Cc1ccc(-c2ccc3c(c2)oc2c3ccc3c2ccc2c4ccc(-c5ccc(C)s5)cc4oc23)s1. The Bertz CT molecular complexity index is 1980. The van der Waals surface area contributed by atoms with Crippen LogP contribution >= 0.6 is 22.7 Å². The van der Waals surface area contributed by atoms with Gasteiger partial charge >= 0.3 is 0 Å². The molecule has 0 saturated heterocycles. The first-order valence-electron chi connectivity index (χ1n) is 12.0. The highest BCUT2D eigenvalue weighted by molar-refractivity contribution is 7.15. The second-order valence-corrected chi connectivity index (χ2v) is 12.0. The molecule has 0 atom stereocenters. The van der Waals surface area contributed by atoms with Gasteiger partial charge in [-0.25, -0.2) is 0 Å². The molecule has 4 aromatic carbocycles.